The number of thiazole rings is 1. The van der Waals surface area contributed by atoms with Crippen molar-refractivity contribution in [3.63, 3.8) is 0 Å². The molecule has 2 aliphatic rings. The third kappa shape index (κ3) is 4.48. The topological polar surface area (TPSA) is 54.0 Å². The van der Waals surface area contributed by atoms with E-state index in [2.05, 4.69) is 10.6 Å². The molecule has 1 aliphatic heterocycles. The summed E-state index contributed by atoms with van der Waals surface area (Å²) in [5.41, 5.74) is 2.19. The lowest BCUT2D eigenvalue weighted by molar-refractivity contribution is -0.116. The van der Waals surface area contributed by atoms with Gasteiger partial charge in [0.1, 0.15) is 5.82 Å². The Hall–Kier alpha value is -1.79. The summed E-state index contributed by atoms with van der Waals surface area (Å²) in [6, 6.07) is 6.63. The number of benzene rings is 1. The van der Waals surface area contributed by atoms with E-state index < -0.39 is 0 Å². The van der Waals surface area contributed by atoms with Gasteiger partial charge in [-0.3, -0.25) is 4.79 Å². The predicted molar refractivity (Wildman–Crippen MR) is 102 cm³/mol. The van der Waals surface area contributed by atoms with Gasteiger partial charge in [0.05, 0.1) is 5.69 Å². The largest absolute Gasteiger partial charge is 0.316 e. The number of carbonyl (C=O) groups excluding carboxylic acids is 1. The minimum atomic E-state index is -0.217. The van der Waals surface area contributed by atoms with E-state index in [4.69, 9.17) is 4.98 Å². The van der Waals surface area contributed by atoms with Gasteiger partial charge in [-0.1, -0.05) is 12.1 Å². The number of rotatable bonds is 7. The molecule has 6 heteroatoms. The molecule has 1 aromatic carbocycles. The number of anilines is 1. The summed E-state index contributed by atoms with van der Waals surface area (Å²) < 4.78 is 13.1. The van der Waals surface area contributed by atoms with Crippen molar-refractivity contribution in [1.82, 2.24) is 10.3 Å². The third-order valence-corrected chi connectivity index (χ3v) is 6.14. The lowest BCUT2D eigenvalue weighted by Crippen LogP contribution is -2.14. The van der Waals surface area contributed by atoms with Gasteiger partial charge in [-0.25, -0.2) is 9.37 Å². The number of amides is 1. The highest BCUT2D eigenvalue weighted by Gasteiger charge is 2.30. The smallest absolute Gasteiger partial charge is 0.226 e. The van der Waals surface area contributed by atoms with Crippen LogP contribution in [0.15, 0.2) is 24.3 Å². The third-order valence-electron chi connectivity index (χ3n) is 5.16. The second-order valence-electron chi connectivity index (χ2n) is 7.35. The molecule has 1 amide bonds. The molecule has 1 atom stereocenters. The summed E-state index contributed by atoms with van der Waals surface area (Å²) in [4.78, 5) is 18.2. The maximum atomic E-state index is 13.1. The summed E-state index contributed by atoms with van der Waals surface area (Å²) >= 11 is 1.56. The van der Waals surface area contributed by atoms with E-state index >= 15 is 0 Å². The van der Waals surface area contributed by atoms with E-state index in [1.54, 1.807) is 11.3 Å². The molecule has 0 radical (unpaired) electrons. The predicted octanol–water partition coefficient (Wildman–Crippen LogP) is 4.08. The quantitative estimate of drug-likeness (QED) is 0.769. The van der Waals surface area contributed by atoms with Crippen LogP contribution in [0.3, 0.4) is 0 Å². The van der Waals surface area contributed by atoms with Crippen molar-refractivity contribution in [2.75, 3.05) is 18.4 Å². The lowest BCUT2D eigenvalue weighted by atomic mass is 10.0. The second-order valence-corrected chi connectivity index (χ2v) is 8.43. The van der Waals surface area contributed by atoms with Crippen LogP contribution in [0.1, 0.15) is 54.2 Å². The summed E-state index contributed by atoms with van der Waals surface area (Å²) in [5.74, 6) is 0.984. The summed E-state index contributed by atoms with van der Waals surface area (Å²) in [5, 5.41) is 7.04. The summed E-state index contributed by atoms with van der Waals surface area (Å²) in [6.07, 6.45) is 5.73. The maximum Gasteiger partial charge on any atom is 0.226 e. The number of nitrogens with one attached hydrogen (secondary N) is 2. The first kappa shape index (κ1) is 17.6. The van der Waals surface area contributed by atoms with Crippen molar-refractivity contribution in [1.29, 1.82) is 0 Å². The van der Waals surface area contributed by atoms with Crippen LogP contribution in [0.4, 0.5) is 9.52 Å². The molecule has 138 valence electrons. The molecule has 0 bridgehead atoms. The Labute approximate surface area is 157 Å². The van der Waals surface area contributed by atoms with Crippen LogP contribution in [0, 0.1) is 11.7 Å². The molecule has 0 spiro atoms. The highest BCUT2D eigenvalue weighted by atomic mass is 32.1. The minimum Gasteiger partial charge on any atom is -0.316 e. The Bertz CT molecular complexity index is 764. The van der Waals surface area contributed by atoms with Crippen molar-refractivity contribution < 1.29 is 9.18 Å². The molecule has 2 aromatic rings. The Kier molecular flexibility index (Phi) is 5.31. The first-order valence-electron chi connectivity index (χ1n) is 9.42. The van der Waals surface area contributed by atoms with Crippen molar-refractivity contribution in [3.05, 3.63) is 46.2 Å². The van der Waals surface area contributed by atoms with Crippen molar-refractivity contribution in [2.24, 2.45) is 5.92 Å². The highest BCUT2D eigenvalue weighted by Crippen LogP contribution is 2.44. The molecule has 1 saturated carbocycles. The van der Waals surface area contributed by atoms with Crippen molar-refractivity contribution >= 4 is 22.4 Å². The zero-order chi connectivity index (χ0) is 17.9. The molecular formula is C20H24FN3OS. The molecule has 1 saturated heterocycles. The standard InChI is InChI=1S/C20H24FN3OS/c21-16-6-1-13(2-7-16)11-17-19(15-4-5-15)24-20(26-17)23-18(25)8-3-14-9-10-22-12-14/h1-2,6-7,14-15,22H,3-5,8-12H2,(H,23,24,25). The summed E-state index contributed by atoms with van der Waals surface area (Å²) in [7, 11) is 0. The first-order chi connectivity index (χ1) is 12.7. The average molecular weight is 373 g/mol. The van der Waals surface area contributed by atoms with Crippen LogP contribution in [0.5, 0.6) is 0 Å². The van der Waals surface area contributed by atoms with Gasteiger partial charge in [0.15, 0.2) is 5.13 Å². The maximum absolute atomic E-state index is 13.1. The van der Waals surface area contributed by atoms with Crippen LogP contribution < -0.4 is 10.6 Å². The van der Waals surface area contributed by atoms with Crippen LogP contribution in [-0.2, 0) is 11.2 Å². The van der Waals surface area contributed by atoms with E-state index in [9.17, 15) is 9.18 Å². The number of halogens is 1. The number of aromatic nitrogens is 1. The second kappa shape index (κ2) is 7.84. The van der Waals surface area contributed by atoms with Gasteiger partial charge in [-0.05, 0) is 62.4 Å². The van der Waals surface area contributed by atoms with E-state index in [1.165, 1.54) is 29.9 Å². The molecule has 1 aliphatic carbocycles. The minimum absolute atomic E-state index is 0.0568. The van der Waals surface area contributed by atoms with E-state index in [1.807, 2.05) is 12.1 Å². The number of carbonyl (C=O) groups is 1. The van der Waals surface area contributed by atoms with Gasteiger partial charge >= 0.3 is 0 Å². The number of hydrogen-bond acceptors (Lipinski definition) is 4. The zero-order valence-corrected chi connectivity index (χ0v) is 15.6. The highest BCUT2D eigenvalue weighted by molar-refractivity contribution is 7.15. The zero-order valence-electron chi connectivity index (χ0n) is 14.8. The van der Waals surface area contributed by atoms with E-state index in [0.717, 1.165) is 43.6 Å². The summed E-state index contributed by atoms with van der Waals surface area (Å²) in [6.45, 7) is 2.09. The monoisotopic (exact) mass is 373 g/mol. The molecule has 4 rings (SSSR count). The van der Waals surface area contributed by atoms with Gasteiger partial charge in [-0.2, -0.15) is 0 Å². The average Bonchev–Trinajstić information content (AvgIpc) is 3.19. The van der Waals surface area contributed by atoms with Gasteiger partial charge in [0.2, 0.25) is 5.91 Å². The Morgan fingerprint density at radius 2 is 2.08 bits per heavy atom. The molecule has 26 heavy (non-hydrogen) atoms. The normalized spacial score (nSPS) is 19.7. The molecular weight excluding hydrogens is 349 g/mol. The molecule has 1 aromatic heterocycles. The fourth-order valence-electron chi connectivity index (χ4n) is 3.48. The van der Waals surface area contributed by atoms with Gasteiger partial charge in [0.25, 0.3) is 0 Å². The van der Waals surface area contributed by atoms with Gasteiger partial charge in [0, 0.05) is 23.6 Å². The Morgan fingerprint density at radius 1 is 1.27 bits per heavy atom. The van der Waals surface area contributed by atoms with Crippen LogP contribution in [0.2, 0.25) is 0 Å². The fourth-order valence-corrected chi connectivity index (χ4v) is 4.58. The van der Waals surface area contributed by atoms with Gasteiger partial charge in [-0.15, -0.1) is 11.3 Å². The molecule has 4 nitrogen and oxygen atoms in total. The molecule has 1 unspecified atom stereocenters. The molecule has 2 N–H and O–H groups in total. The SMILES string of the molecule is O=C(CCC1CCNC1)Nc1nc(C2CC2)c(Cc2ccc(F)cc2)s1. The van der Waals surface area contributed by atoms with Crippen LogP contribution >= 0.6 is 11.3 Å². The lowest BCUT2D eigenvalue weighted by Gasteiger charge is -2.07. The van der Waals surface area contributed by atoms with Crippen molar-refractivity contribution in [2.45, 2.75) is 44.4 Å². The van der Waals surface area contributed by atoms with E-state index in [-0.39, 0.29) is 11.7 Å². The van der Waals surface area contributed by atoms with Crippen LogP contribution in [0.25, 0.3) is 0 Å². The Morgan fingerprint density at radius 3 is 2.77 bits per heavy atom. The van der Waals surface area contributed by atoms with Gasteiger partial charge < -0.3 is 10.6 Å². The molecule has 2 fully saturated rings. The van der Waals surface area contributed by atoms with E-state index in [0.29, 0.717) is 23.4 Å². The van der Waals surface area contributed by atoms with Crippen molar-refractivity contribution in [3.8, 4) is 0 Å². The fraction of sp³-hybridized carbons (Fsp3) is 0.500. The number of nitrogens with zero attached hydrogens (tertiary/aromatic N) is 1. The van der Waals surface area contributed by atoms with Crippen LogP contribution in [-0.4, -0.2) is 24.0 Å². The Balaban J connectivity index is 1.40. The molecule has 2 heterocycles. The first-order valence-corrected chi connectivity index (χ1v) is 10.2. The number of hydrogen-bond donors (Lipinski definition) is 2.